The van der Waals surface area contributed by atoms with Crippen LogP contribution in [0.15, 0.2) is 42.7 Å². The van der Waals surface area contributed by atoms with Crippen LogP contribution in [0.1, 0.15) is 0 Å². The number of rotatable bonds is 0. The summed E-state index contributed by atoms with van der Waals surface area (Å²) in [5.74, 6) is 0. The van der Waals surface area contributed by atoms with Gasteiger partial charge in [-0.15, -0.1) is 0 Å². The molecule has 2 aromatic carbocycles. The van der Waals surface area contributed by atoms with Crippen molar-refractivity contribution in [2.45, 2.75) is 0 Å². The van der Waals surface area contributed by atoms with Gasteiger partial charge in [0.2, 0.25) is 0 Å². The molecule has 0 amide bonds. The van der Waals surface area contributed by atoms with Gasteiger partial charge in [-0.3, -0.25) is 0 Å². The Morgan fingerprint density at radius 3 is 2.92 bits per heavy atom. The number of hydrogen-bond donors (Lipinski definition) is 1. The maximum absolute atomic E-state index is 4.29. The van der Waals surface area contributed by atoms with E-state index >= 15 is 0 Å². The minimum atomic E-state index is 1.05. The summed E-state index contributed by atoms with van der Waals surface area (Å²) < 4.78 is 0. The zero-order valence-corrected chi connectivity index (χ0v) is 6.99. The topological polar surface area (TPSA) is 28.7 Å². The number of benzene rings is 2. The van der Waals surface area contributed by atoms with Gasteiger partial charge in [-0.2, -0.15) is 0 Å². The first-order valence-corrected chi connectivity index (χ1v) is 4.26. The van der Waals surface area contributed by atoms with E-state index in [4.69, 9.17) is 0 Å². The van der Waals surface area contributed by atoms with Crippen molar-refractivity contribution < 1.29 is 0 Å². The molecule has 0 saturated carbocycles. The standard InChI is InChI=1S/C11H8N2/c1-2-4-9-8(3-1)5-6-10-11(9)13-7-12-10/h1-7H,(H,12,13). The van der Waals surface area contributed by atoms with E-state index in [1.165, 1.54) is 10.8 Å². The van der Waals surface area contributed by atoms with Crippen LogP contribution in [0.5, 0.6) is 0 Å². The Labute approximate surface area is 75.2 Å². The summed E-state index contributed by atoms with van der Waals surface area (Å²) in [6, 6.07) is 12.4. The van der Waals surface area contributed by atoms with Crippen LogP contribution in [0, 0.1) is 0 Å². The third-order valence-corrected chi connectivity index (χ3v) is 2.31. The molecule has 1 heterocycles. The lowest BCUT2D eigenvalue weighted by molar-refractivity contribution is 1.35. The van der Waals surface area contributed by atoms with Crippen LogP contribution in [0.25, 0.3) is 21.8 Å². The van der Waals surface area contributed by atoms with Gasteiger partial charge in [0.25, 0.3) is 0 Å². The molecule has 0 aliphatic carbocycles. The highest BCUT2D eigenvalue weighted by atomic mass is 14.9. The van der Waals surface area contributed by atoms with Crippen LogP contribution < -0.4 is 0 Å². The number of nitrogens with one attached hydrogen (secondary N) is 1. The SMILES string of the molecule is c1ccc2c(c1)ccc1[nH]cnc12. The Morgan fingerprint density at radius 1 is 1.00 bits per heavy atom. The van der Waals surface area contributed by atoms with Crippen molar-refractivity contribution in [1.29, 1.82) is 0 Å². The highest BCUT2D eigenvalue weighted by Gasteiger charge is 1.99. The molecule has 62 valence electrons. The quantitative estimate of drug-likeness (QED) is 0.549. The van der Waals surface area contributed by atoms with Crippen molar-refractivity contribution in [3.63, 3.8) is 0 Å². The third kappa shape index (κ3) is 0.855. The Kier molecular flexibility index (Phi) is 1.19. The predicted molar refractivity (Wildman–Crippen MR) is 53.6 cm³/mol. The van der Waals surface area contributed by atoms with Crippen molar-refractivity contribution >= 4 is 21.8 Å². The Balaban J connectivity index is 2.65. The second-order valence-corrected chi connectivity index (χ2v) is 3.09. The van der Waals surface area contributed by atoms with E-state index in [2.05, 4.69) is 34.2 Å². The van der Waals surface area contributed by atoms with E-state index in [9.17, 15) is 0 Å². The number of imidazole rings is 1. The number of aromatic nitrogens is 2. The first kappa shape index (κ1) is 6.66. The molecule has 0 aliphatic heterocycles. The van der Waals surface area contributed by atoms with Gasteiger partial charge >= 0.3 is 0 Å². The minimum absolute atomic E-state index is 1.05. The molecule has 2 nitrogen and oxygen atoms in total. The fourth-order valence-corrected chi connectivity index (χ4v) is 1.68. The van der Waals surface area contributed by atoms with Crippen LogP contribution >= 0.6 is 0 Å². The second kappa shape index (κ2) is 2.33. The van der Waals surface area contributed by atoms with Crippen LogP contribution in [-0.2, 0) is 0 Å². The molecular formula is C11H8N2. The summed E-state index contributed by atoms with van der Waals surface area (Å²) in [4.78, 5) is 7.39. The van der Waals surface area contributed by atoms with Crippen molar-refractivity contribution in [2.75, 3.05) is 0 Å². The Hall–Kier alpha value is -1.83. The summed E-state index contributed by atoms with van der Waals surface area (Å²) in [5.41, 5.74) is 2.15. The molecule has 0 atom stereocenters. The summed E-state index contributed by atoms with van der Waals surface area (Å²) in [6.45, 7) is 0. The number of H-pyrrole nitrogens is 1. The smallest absolute Gasteiger partial charge is 0.0960 e. The van der Waals surface area contributed by atoms with Crippen LogP contribution in [-0.4, -0.2) is 9.97 Å². The fraction of sp³-hybridized carbons (Fsp3) is 0. The maximum atomic E-state index is 4.29. The summed E-state index contributed by atoms with van der Waals surface area (Å²) in [5, 5.41) is 2.45. The molecule has 0 unspecified atom stereocenters. The number of aromatic amines is 1. The molecule has 13 heavy (non-hydrogen) atoms. The van der Waals surface area contributed by atoms with Crippen LogP contribution in [0.4, 0.5) is 0 Å². The van der Waals surface area contributed by atoms with E-state index in [0.717, 1.165) is 11.0 Å². The second-order valence-electron chi connectivity index (χ2n) is 3.09. The number of nitrogens with zero attached hydrogens (tertiary/aromatic N) is 1. The van der Waals surface area contributed by atoms with E-state index in [0.29, 0.717) is 0 Å². The summed E-state index contributed by atoms with van der Waals surface area (Å²) in [7, 11) is 0. The molecule has 1 N–H and O–H groups in total. The molecule has 0 spiro atoms. The molecule has 0 saturated heterocycles. The molecule has 0 fully saturated rings. The average Bonchev–Trinajstić information content (AvgIpc) is 2.65. The van der Waals surface area contributed by atoms with Crippen LogP contribution in [0.2, 0.25) is 0 Å². The van der Waals surface area contributed by atoms with Crippen molar-refractivity contribution in [1.82, 2.24) is 9.97 Å². The highest BCUT2D eigenvalue weighted by molar-refractivity contribution is 6.03. The summed E-state index contributed by atoms with van der Waals surface area (Å²) >= 11 is 0. The van der Waals surface area contributed by atoms with Gasteiger partial charge in [0.05, 0.1) is 17.4 Å². The minimum Gasteiger partial charge on any atom is -0.345 e. The molecular weight excluding hydrogens is 160 g/mol. The molecule has 3 rings (SSSR count). The fourth-order valence-electron chi connectivity index (χ4n) is 1.68. The third-order valence-electron chi connectivity index (χ3n) is 2.31. The summed E-state index contributed by atoms with van der Waals surface area (Å²) in [6.07, 6.45) is 1.73. The van der Waals surface area contributed by atoms with Gasteiger partial charge in [0.15, 0.2) is 0 Å². The molecule has 0 bridgehead atoms. The zero-order valence-electron chi connectivity index (χ0n) is 6.99. The molecule has 2 heteroatoms. The lowest BCUT2D eigenvalue weighted by Crippen LogP contribution is -1.74. The molecule has 3 aromatic rings. The Morgan fingerprint density at radius 2 is 1.92 bits per heavy atom. The molecule has 0 radical (unpaired) electrons. The van der Waals surface area contributed by atoms with E-state index in [1.807, 2.05) is 12.1 Å². The van der Waals surface area contributed by atoms with E-state index in [1.54, 1.807) is 6.33 Å². The normalized spacial score (nSPS) is 11.1. The Bertz CT molecular complexity index is 566. The van der Waals surface area contributed by atoms with Crippen molar-refractivity contribution in [3.05, 3.63) is 42.7 Å². The average molecular weight is 168 g/mol. The van der Waals surface area contributed by atoms with Gasteiger partial charge in [0.1, 0.15) is 0 Å². The van der Waals surface area contributed by atoms with E-state index < -0.39 is 0 Å². The van der Waals surface area contributed by atoms with Crippen molar-refractivity contribution in [2.24, 2.45) is 0 Å². The predicted octanol–water partition coefficient (Wildman–Crippen LogP) is 2.72. The molecule has 0 aliphatic rings. The first-order valence-electron chi connectivity index (χ1n) is 4.26. The monoisotopic (exact) mass is 168 g/mol. The number of fused-ring (bicyclic) bond motifs is 3. The van der Waals surface area contributed by atoms with Gasteiger partial charge in [-0.05, 0) is 11.5 Å². The largest absolute Gasteiger partial charge is 0.345 e. The lowest BCUT2D eigenvalue weighted by atomic mass is 10.1. The van der Waals surface area contributed by atoms with Gasteiger partial charge in [0, 0.05) is 5.39 Å². The maximum Gasteiger partial charge on any atom is 0.0960 e. The van der Waals surface area contributed by atoms with Gasteiger partial charge in [-0.25, -0.2) is 4.98 Å². The van der Waals surface area contributed by atoms with Crippen molar-refractivity contribution in [3.8, 4) is 0 Å². The van der Waals surface area contributed by atoms with Crippen LogP contribution in [0.3, 0.4) is 0 Å². The zero-order chi connectivity index (χ0) is 8.67. The lowest BCUT2D eigenvalue weighted by Gasteiger charge is -1.96. The van der Waals surface area contributed by atoms with E-state index in [-0.39, 0.29) is 0 Å². The first-order chi connectivity index (χ1) is 6.45. The van der Waals surface area contributed by atoms with Gasteiger partial charge < -0.3 is 4.98 Å². The molecule has 1 aromatic heterocycles. The number of hydrogen-bond acceptors (Lipinski definition) is 1. The van der Waals surface area contributed by atoms with Gasteiger partial charge in [-0.1, -0.05) is 30.3 Å². The highest BCUT2D eigenvalue weighted by Crippen LogP contribution is 2.21.